The molecule has 5 atom stereocenters. The molecule has 0 amide bonds. The lowest BCUT2D eigenvalue weighted by Gasteiger charge is -2.68. The molecule has 1 N–H and O–H groups in total. The summed E-state index contributed by atoms with van der Waals surface area (Å²) in [5.41, 5.74) is -4.68. The normalized spacial score (nSPS) is 45.3. The first-order valence-electron chi connectivity index (χ1n) is 11.7. The fraction of sp³-hybridized carbons (Fsp3) is 0.957. The Morgan fingerprint density at radius 3 is 2.09 bits per heavy atom. The number of carbonyl (C=O) groups is 1. The molecule has 5 unspecified atom stereocenters. The van der Waals surface area contributed by atoms with Gasteiger partial charge in [0.05, 0.1) is 5.92 Å². The summed E-state index contributed by atoms with van der Waals surface area (Å²) in [4.78, 5) is 12.6. The van der Waals surface area contributed by atoms with Crippen LogP contribution < -0.4 is 0 Å². The highest BCUT2D eigenvalue weighted by Crippen LogP contribution is 2.70. The number of carbonyl (C=O) groups excluding carboxylic acids is 1. The number of halogens is 5. The zero-order chi connectivity index (χ0) is 24.8. The summed E-state index contributed by atoms with van der Waals surface area (Å²) in [5.74, 6) is -12.3. The van der Waals surface area contributed by atoms with Crippen LogP contribution in [0.5, 0.6) is 0 Å². The average molecular weight is 485 g/mol. The molecule has 5 nitrogen and oxygen atoms in total. The van der Waals surface area contributed by atoms with Crippen molar-refractivity contribution in [2.75, 3.05) is 0 Å². The van der Waals surface area contributed by atoms with Crippen molar-refractivity contribution in [3.05, 3.63) is 0 Å². The maximum atomic E-state index is 16.0. The van der Waals surface area contributed by atoms with Gasteiger partial charge in [0.2, 0.25) is 0 Å². The molecule has 1 heterocycles. The molecule has 190 valence electrons. The second-order valence-electron chi connectivity index (χ2n) is 11.7. The summed E-state index contributed by atoms with van der Waals surface area (Å²) in [6.07, 6.45) is -6.00. The molecule has 4 aliphatic carbocycles. The number of ether oxygens (including phenoxy) is 3. The highest BCUT2D eigenvalue weighted by atomic mass is 19.4. The lowest BCUT2D eigenvalue weighted by atomic mass is 9.46. The van der Waals surface area contributed by atoms with E-state index in [-0.39, 0.29) is 37.5 Å². The summed E-state index contributed by atoms with van der Waals surface area (Å²) < 4.78 is 90.2. The maximum Gasteiger partial charge on any atom is 0.449 e. The zero-order valence-corrected chi connectivity index (χ0v) is 19.6. The van der Waals surface area contributed by atoms with E-state index in [1.54, 1.807) is 6.92 Å². The standard InChI is InChI=1S/C23H33F5O5/c1-6-12(2)16(29)31-19-9-13-7-14(10-19)20(15(8-13)11-19)21(24,25)22(30,23(26,27)28)33-17(32-20)18(3,4)5/h12-15,17,30H,6-11H2,1-5H3. The molecule has 1 aliphatic heterocycles. The zero-order valence-electron chi connectivity index (χ0n) is 19.6. The van der Waals surface area contributed by atoms with Crippen LogP contribution in [0.3, 0.4) is 0 Å². The summed E-state index contributed by atoms with van der Waals surface area (Å²) in [7, 11) is 0. The SMILES string of the molecule is CCC(C)C(=O)OC12CC3CC(C1)C1(OC(C(C)(C)C)OC(O)(C(F)(F)F)C1(F)F)C(C3)C2. The topological polar surface area (TPSA) is 65.0 Å². The molecule has 0 aromatic heterocycles. The van der Waals surface area contributed by atoms with E-state index in [1.165, 1.54) is 20.8 Å². The summed E-state index contributed by atoms with van der Waals surface area (Å²) in [5, 5.41) is 10.5. The van der Waals surface area contributed by atoms with E-state index in [0.29, 0.717) is 12.8 Å². The first kappa shape index (κ1) is 25.1. The van der Waals surface area contributed by atoms with Gasteiger partial charge in [-0.2, -0.15) is 22.0 Å². The van der Waals surface area contributed by atoms with Crippen LogP contribution >= 0.6 is 0 Å². The third kappa shape index (κ3) is 3.37. The number of hydrogen-bond acceptors (Lipinski definition) is 5. The Hall–Kier alpha value is -1.00. The summed E-state index contributed by atoms with van der Waals surface area (Å²) in [6.45, 7) is 8.09. The number of aliphatic hydroxyl groups is 1. The first-order valence-corrected chi connectivity index (χ1v) is 11.7. The van der Waals surface area contributed by atoms with Gasteiger partial charge < -0.3 is 19.3 Å². The van der Waals surface area contributed by atoms with E-state index in [1.807, 2.05) is 6.92 Å². The molecule has 1 saturated heterocycles. The summed E-state index contributed by atoms with van der Waals surface area (Å²) in [6, 6.07) is 0. The molecule has 33 heavy (non-hydrogen) atoms. The molecule has 10 heteroatoms. The molecule has 5 fully saturated rings. The van der Waals surface area contributed by atoms with Gasteiger partial charge in [-0.3, -0.25) is 4.79 Å². The molecular weight excluding hydrogens is 451 g/mol. The smallest absolute Gasteiger partial charge is 0.449 e. The lowest BCUT2D eigenvalue weighted by Crippen LogP contribution is -2.83. The van der Waals surface area contributed by atoms with Crippen LogP contribution in [0.15, 0.2) is 0 Å². The van der Waals surface area contributed by atoms with Crippen LogP contribution in [-0.2, 0) is 19.0 Å². The van der Waals surface area contributed by atoms with Crippen molar-refractivity contribution in [2.24, 2.45) is 29.1 Å². The van der Waals surface area contributed by atoms with Crippen LogP contribution in [0, 0.1) is 29.1 Å². The van der Waals surface area contributed by atoms with Crippen LogP contribution in [0.1, 0.15) is 73.1 Å². The Bertz CT molecular complexity index is 790. The monoisotopic (exact) mass is 484 g/mol. The minimum absolute atomic E-state index is 0.0252. The second kappa shape index (κ2) is 7.26. The molecule has 4 saturated carbocycles. The van der Waals surface area contributed by atoms with Gasteiger partial charge >= 0.3 is 23.9 Å². The van der Waals surface area contributed by atoms with Gasteiger partial charge in [0.15, 0.2) is 6.29 Å². The number of esters is 1. The van der Waals surface area contributed by atoms with E-state index < -0.39 is 58.6 Å². The van der Waals surface area contributed by atoms with Gasteiger partial charge in [-0.1, -0.05) is 34.6 Å². The largest absolute Gasteiger partial charge is 0.459 e. The van der Waals surface area contributed by atoms with Crippen LogP contribution in [0.25, 0.3) is 0 Å². The third-order valence-corrected chi connectivity index (χ3v) is 8.27. The van der Waals surface area contributed by atoms with Gasteiger partial charge in [0.25, 0.3) is 0 Å². The van der Waals surface area contributed by atoms with Gasteiger partial charge in [0, 0.05) is 5.41 Å². The third-order valence-electron chi connectivity index (χ3n) is 8.27. The van der Waals surface area contributed by atoms with E-state index in [9.17, 15) is 23.1 Å². The average Bonchev–Trinajstić information content (AvgIpc) is 2.65. The number of hydrogen-bond donors (Lipinski definition) is 1. The Labute approximate surface area is 190 Å². The molecule has 0 aromatic carbocycles. The fourth-order valence-corrected chi connectivity index (χ4v) is 6.57. The Kier molecular flexibility index (Phi) is 5.52. The maximum absolute atomic E-state index is 16.0. The van der Waals surface area contributed by atoms with E-state index >= 15 is 8.78 Å². The molecular formula is C23H33F5O5. The molecule has 5 aliphatic rings. The van der Waals surface area contributed by atoms with Crippen LogP contribution in [0.4, 0.5) is 22.0 Å². The molecule has 4 bridgehead atoms. The van der Waals surface area contributed by atoms with Gasteiger partial charge in [-0.25, -0.2) is 0 Å². The van der Waals surface area contributed by atoms with Crippen molar-refractivity contribution in [1.29, 1.82) is 0 Å². The van der Waals surface area contributed by atoms with E-state index in [2.05, 4.69) is 4.74 Å². The van der Waals surface area contributed by atoms with Crippen molar-refractivity contribution in [3.8, 4) is 0 Å². The first-order chi connectivity index (χ1) is 14.9. The van der Waals surface area contributed by atoms with Crippen LogP contribution in [-0.4, -0.2) is 46.5 Å². The molecule has 5 rings (SSSR count). The quantitative estimate of drug-likeness (QED) is 0.441. The molecule has 0 aromatic rings. The number of alkyl halides is 5. The second-order valence-corrected chi connectivity index (χ2v) is 11.7. The van der Waals surface area contributed by atoms with Crippen molar-refractivity contribution < 1.29 is 46.1 Å². The highest BCUT2D eigenvalue weighted by Gasteiger charge is 2.87. The predicted octanol–water partition coefficient (Wildman–Crippen LogP) is 5.20. The Morgan fingerprint density at radius 1 is 1.09 bits per heavy atom. The highest BCUT2D eigenvalue weighted by molar-refractivity contribution is 5.72. The lowest BCUT2D eigenvalue weighted by molar-refractivity contribution is -0.549. The van der Waals surface area contributed by atoms with E-state index in [0.717, 1.165) is 0 Å². The van der Waals surface area contributed by atoms with E-state index in [4.69, 9.17) is 9.47 Å². The number of rotatable bonds is 3. The van der Waals surface area contributed by atoms with Crippen molar-refractivity contribution in [3.63, 3.8) is 0 Å². The van der Waals surface area contributed by atoms with Crippen LogP contribution in [0.2, 0.25) is 0 Å². The Balaban J connectivity index is 1.78. The van der Waals surface area contributed by atoms with Gasteiger partial charge in [0.1, 0.15) is 11.2 Å². The van der Waals surface area contributed by atoms with Crippen molar-refractivity contribution >= 4 is 5.97 Å². The van der Waals surface area contributed by atoms with Gasteiger partial charge in [-0.15, -0.1) is 0 Å². The minimum atomic E-state index is -5.74. The Morgan fingerprint density at radius 2 is 1.64 bits per heavy atom. The minimum Gasteiger partial charge on any atom is -0.459 e. The van der Waals surface area contributed by atoms with Gasteiger partial charge in [-0.05, 0) is 56.3 Å². The van der Waals surface area contributed by atoms with Crippen molar-refractivity contribution in [1.82, 2.24) is 0 Å². The van der Waals surface area contributed by atoms with Crippen molar-refractivity contribution in [2.45, 2.75) is 109 Å². The molecule has 0 radical (unpaired) electrons. The fourth-order valence-electron chi connectivity index (χ4n) is 6.57. The molecule has 1 spiro atoms. The predicted molar refractivity (Wildman–Crippen MR) is 106 cm³/mol. The summed E-state index contributed by atoms with van der Waals surface area (Å²) >= 11 is 0.